The molecule has 4 rings (SSSR count). The largest absolute Gasteiger partial charge is 0.465 e. The van der Waals surface area contributed by atoms with Crippen molar-refractivity contribution in [2.75, 3.05) is 26.7 Å². The van der Waals surface area contributed by atoms with E-state index in [9.17, 15) is 14.4 Å². The van der Waals surface area contributed by atoms with Crippen molar-refractivity contribution in [1.29, 1.82) is 0 Å². The Balaban J connectivity index is 1.57. The van der Waals surface area contributed by atoms with Gasteiger partial charge >= 0.3 is 6.09 Å². The van der Waals surface area contributed by atoms with E-state index >= 15 is 0 Å². The number of carboxylic acid groups (broad SMARTS) is 1. The van der Waals surface area contributed by atoms with E-state index in [0.29, 0.717) is 36.1 Å². The van der Waals surface area contributed by atoms with Crippen LogP contribution >= 0.6 is 23.2 Å². The van der Waals surface area contributed by atoms with Gasteiger partial charge in [0.25, 0.3) is 5.56 Å². The van der Waals surface area contributed by atoms with Crippen molar-refractivity contribution in [3.63, 3.8) is 0 Å². The Morgan fingerprint density at radius 2 is 1.94 bits per heavy atom. The van der Waals surface area contributed by atoms with E-state index in [0.717, 1.165) is 42.5 Å². The summed E-state index contributed by atoms with van der Waals surface area (Å²) in [5.74, 6) is -0.266. The van der Waals surface area contributed by atoms with Gasteiger partial charge in [0.2, 0.25) is 5.91 Å². The number of halogens is 2. The van der Waals surface area contributed by atoms with Crippen molar-refractivity contribution >= 4 is 35.2 Å². The van der Waals surface area contributed by atoms with E-state index in [1.54, 1.807) is 25.4 Å². The Kier molecular flexibility index (Phi) is 8.27. The zero-order valence-electron chi connectivity index (χ0n) is 20.5. The molecule has 1 aliphatic carbocycles. The summed E-state index contributed by atoms with van der Waals surface area (Å²) in [7, 11) is 3.24. The van der Waals surface area contributed by atoms with Gasteiger partial charge in [-0.2, -0.15) is 0 Å². The van der Waals surface area contributed by atoms with E-state index in [2.05, 4.69) is 5.32 Å². The fourth-order valence-electron chi connectivity index (χ4n) is 4.84. The third-order valence-corrected chi connectivity index (χ3v) is 8.03. The topological polar surface area (TPSA) is 94.9 Å². The molecule has 2 heterocycles. The Morgan fingerprint density at radius 1 is 1.19 bits per heavy atom. The van der Waals surface area contributed by atoms with E-state index in [4.69, 9.17) is 28.3 Å². The number of aromatic nitrogens is 1. The zero-order valence-corrected chi connectivity index (χ0v) is 22.1. The van der Waals surface area contributed by atoms with Crippen LogP contribution in [0.4, 0.5) is 4.79 Å². The molecule has 2 aromatic rings. The van der Waals surface area contributed by atoms with Crippen molar-refractivity contribution < 1.29 is 14.7 Å². The lowest BCUT2D eigenvalue weighted by Crippen LogP contribution is -2.47. The van der Waals surface area contributed by atoms with E-state index in [1.807, 2.05) is 17.0 Å². The molecule has 2 amide bonds. The lowest BCUT2D eigenvalue weighted by Gasteiger charge is -2.36. The molecule has 2 fully saturated rings. The highest BCUT2D eigenvalue weighted by Crippen LogP contribution is 2.37. The summed E-state index contributed by atoms with van der Waals surface area (Å²) in [5.41, 5.74) is 2.45. The summed E-state index contributed by atoms with van der Waals surface area (Å²) in [6, 6.07) is 7.41. The van der Waals surface area contributed by atoms with Gasteiger partial charge in [-0.25, -0.2) is 4.79 Å². The number of carbonyl (C=O) groups is 2. The van der Waals surface area contributed by atoms with Gasteiger partial charge in [-0.1, -0.05) is 29.3 Å². The summed E-state index contributed by atoms with van der Waals surface area (Å²) < 4.78 is 1.53. The first-order valence-corrected chi connectivity index (χ1v) is 13.0. The predicted octanol–water partition coefficient (Wildman–Crippen LogP) is 3.73. The molecular formula is C26H32Cl2N4O4. The number of pyridine rings is 1. The average molecular weight is 535 g/mol. The minimum absolute atomic E-state index is 0.0362. The standard InChI is InChI=1S/C26H32Cl2N4O4/c1-30-10-7-17(13-23(30)33)20-5-8-29-14-21(20)25(34)32(19-3-4-19)15-18-11-16(12-22(27)24(18)28)6-9-31(2)26(35)36/h7,10-13,19-21,29H,3-6,8-9,14-15H2,1-2H3,(H,35,36)/t20-,21+/m0/s1. The molecule has 2 atom stereocenters. The maximum absolute atomic E-state index is 13.9. The predicted molar refractivity (Wildman–Crippen MR) is 140 cm³/mol. The van der Waals surface area contributed by atoms with Crippen LogP contribution in [0.1, 0.15) is 41.9 Å². The van der Waals surface area contributed by atoms with Gasteiger partial charge in [-0.05, 0) is 67.0 Å². The Labute approximate surface area is 220 Å². The van der Waals surface area contributed by atoms with Crippen LogP contribution in [0.25, 0.3) is 0 Å². The lowest BCUT2D eigenvalue weighted by molar-refractivity contribution is -0.138. The van der Waals surface area contributed by atoms with E-state index < -0.39 is 6.09 Å². The Morgan fingerprint density at radius 3 is 2.61 bits per heavy atom. The Hall–Kier alpha value is -2.55. The van der Waals surface area contributed by atoms with E-state index in [-0.39, 0.29) is 29.3 Å². The monoisotopic (exact) mass is 534 g/mol. The molecule has 1 aliphatic heterocycles. The minimum atomic E-state index is -0.993. The molecular weight excluding hydrogens is 503 g/mol. The van der Waals surface area contributed by atoms with Crippen LogP contribution in [0.15, 0.2) is 35.3 Å². The van der Waals surface area contributed by atoms with Gasteiger partial charge in [0, 0.05) is 52.0 Å². The number of rotatable bonds is 8. The summed E-state index contributed by atoms with van der Waals surface area (Å²) in [6.07, 6.45) is 3.92. The second-order valence-corrected chi connectivity index (χ2v) is 10.6. The van der Waals surface area contributed by atoms with Gasteiger partial charge < -0.3 is 24.8 Å². The maximum Gasteiger partial charge on any atom is 0.407 e. The number of aryl methyl sites for hydroxylation is 1. The first-order valence-electron chi connectivity index (χ1n) is 12.2. The molecule has 0 bridgehead atoms. The number of nitrogens with zero attached hydrogens (tertiary/aromatic N) is 3. The third kappa shape index (κ3) is 6.05. The fourth-order valence-corrected chi connectivity index (χ4v) is 5.27. The molecule has 36 heavy (non-hydrogen) atoms. The quantitative estimate of drug-likeness (QED) is 0.538. The average Bonchev–Trinajstić information content (AvgIpc) is 3.70. The number of amides is 2. The number of benzene rings is 1. The number of carbonyl (C=O) groups excluding carboxylic acids is 1. The molecule has 1 saturated carbocycles. The smallest absolute Gasteiger partial charge is 0.407 e. The van der Waals surface area contributed by atoms with Crippen LogP contribution in [0.3, 0.4) is 0 Å². The summed E-state index contributed by atoms with van der Waals surface area (Å²) >= 11 is 13.0. The normalized spacial score (nSPS) is 19.7. The molecule has 0 unspecified atom stereocenters. The molecule has 2 N–H and O–H groups in total. The molecule has 0 spiro atoms. The van der Waals surface area contributed by atoms with Gasteiger partial charge in [-0.3, -0.25) is 9.59 Å². The third-order valence-electron chi connectivity index (χ3n) is 7.19. The number of hydrogen-bond acceptors (Lipinski definition) is 4. The van der Waals surface area contributed by atoms with Crippen LogP contribution in [-0.2, 0) is 24.8 Å². The molecule has 2 aliphatic rings. The zero-order chi connectivity index (χ0) is 26.0. The number of likely N-dealkylation sites (N-methyl/N-ethyl adjacent to an activating group) is 1. The highest BCUT2D eigenvalue weighted by atomic mass is 35.5. The van der Waals surface area contributed by atoms with Crippen LogP contribution < -0.4 is 10.9 Å². The van der Waals surface area contributed by atoms with E-state index in [1.165, 1.54) is 16.5 Å². The minimum Gasteiger partial charge on any atom is -0.465 e. The van der Waals surface area contributed by atoms with Crippen LogP contribution in [0.2, 0.25) is 10.0 Å². The summed E-state index contributed by atoms with van der Waals surface area (Å²) in [6.45, 7) is 2.01. The van der Waals surface area contributed by atoms with Crippen molar-refractivity contribution in [1.82, 2.24) is 19.7 Å². The van der Waals surface area contributed by atoms with Gasteiger partial charge in [-0.15, -0.1) is 0 Å². The highest BCUT2D eigenvalue weighted by molar-refractivity contribution is 6.42. The molecule has 8 nitrogen and oxygen atoms in total. The van der Waals surface area contributed by atoms with Gasteiger partial charge in [0.15, 0.2) is 0 Å². The Bertz CT molecular complexity index is 1200. The maximum atomic E-state index is 13.9. The lowest BCUT2D eigenvalue weighted by atomic mass is 9.80. The number of piperidine rings is 1. The highest BCUT2D eigenvalue weighted by Gasteiger charge is 2.40. The molecule has 1 aromatic heterocycles. The summed E-state index contributed by atoms with van der Waals surface area (Å²) in [4.78, 5) is 40.5. The first-order chi connectivity index (χ1) is 17.2. The van der Waals surface area contributed by atoms with Crippen molar-refractivity contribution in [3.05, 3.63) is 67.6 Å². The number of nitrogens with one attached hydrogen (secondary N) is 1. The number of hydrogen-bond donors (Lipinski definition) is 2. The fraction of sp³-hybridized carbons (Fsp3) is 0.500. The second-order valence-electron chi connectivity index (χ2n) is 9.82. The van der Waals surface area contributed by atoms with Crippen molar-refractivity contribution in [3.8, 4) is 0 Å². The SMILES string of the molecule is CN(CCc1cc(Cl)c(Cl)c(CN(C(=O)[C@@H]2CNCC[C@H]2c2ccn(C)c(=O)c2)C2CC2)c1)C(=O)O. The molecule has 10 heteroatoms. The molecule has 1 aromatic carbocycles. The van der Waals surface area contributed by atoms with Crippen molar-refractivity contribution in [2.24, 2.45) is 13.0 Å². The van der Waals surface area contributed by atoms with Crippen molar-refractivity contribution in [2.45, 2.75) is 44.2 Å². The van der Waals surface area contributed by atoms with Gasteiger partial charge in [0.05, 0.1) is 16.0 Å². The second kappa shape index (κ2) is 11.2. The van der Waals surface area contributed by atoms with Crippen LogP contribution in [0, 0.1) is 5.92 Å². The molecule has 194 valence electrons. The van der Waals surface area contributed by atoms with Crippen LogP contribution in [0.5, 0.6) is 0 Å². The van der Waals surface area contributed by atoms with Gasteiger partial charge in [0.1, 0.15) is 0 Å². The van der Waals surface area contributed by atoms with Crippen LogP contribution in [-0.4, -0.2) is 64.2 Å². The first kappa shape index (κ1) is 26.5. The molecule has 0 radical (unpaired) electrons. The summed E-state index contributed by atoms with van der Waals surface area (Å²) in [5, 5.41) is 13.3. The molecule has 1 saturated heterocycles.